The zero-order valence-corrected chi connectivity index (χ0v) is 10.9. The first kappa shape index (κ1) is 12.9. The Kier molecular flexibility index (Phi) is 3.55. The Balaban J connectivity index is 2.73. The highest BCUT2D eigenvalue weighted by Gasteiger charge is 2.19. The molecule has 0 N–H and O–H groups in total. The van der Waals surface area contributed by atoms with E-state index in [1.54, 1.807) is 0 Å². The zero-order valence-electron chi connectivity index (χ0n) is 9.41. The number of aromatic nitrogens is 2. The van der Waals surface area contributed by atoms with E-state index in [1.165, 1.54) is 18.2 Å². The van der Waals surface area contributed by atoms with Crippen LogP contribution in [-0.2, 0) is 6.42 Å². The van der Waals surface area contributed by atoms with Crippen LogP contribution >= 0.6 is 23.2 Å². The van der Waals surface area contributed by atoms with Crippen molar-refractivity contribution in [2.75, 3.05) is 0 Å². The molecule has 0 saturated carbocycles. The summed E-state index contributed by atoms with van der Waals surface area (Å²) in [6.07, 6.45) is 0.529. The van der Waals surface area contributed by atoms with E-state index < -0.39 is 5.82 Å². The number of benzene rings is 1. The van der Waals surface area contributed by atoms with Gasteiger partial charge in [0, 0.05) is 0 Å². The second-order valence-electron chi connectivity index (χ2n) is 3.56. The van der Waals surface area contributed by atoms with E-state index in [1.807, 2.05) is 13.0 Å². The lowest BCUT2D eigenvalue weighted by Crippen LogP contribution is -2.01. The van der Waals surface area contributed by atoms with Crippen molar-refractivity contribution >= 4 is 23.2 Å². The first-order valence-electron chi connectivity index (χ1n) is 5.22. The number of aryl methyl sites for hydroxylation is 1. The van der Waals surface area contributed by atoms with Gasteiger partial charge in [0.1, 0.15) is 23.1 Å². The maximum atomic E-state index is 13.8. The Morgan fingerprint density at radius 3 is 2.67 bits per heavy atom. The van der Waals surface area contributed by atoms with Crippen LogP contribution in [0.3, 0.4) is 0 Å². The molecule has 0 amide bonds. The number of hydrogen-bond acceptors (Lipinski definition) is 2. The number of nitrogens with zero attached hydrogens (tertiary/aromatic N) is 3. The molecule has 0 aliphatic carbocycles. The Labute approximate surface area is 113 Å². The topological polar surface area (TPSA) is 41.6 Å². The first-order valence-corrected chi connectivity index (χ1v) is 5.97. The molecule has 0 unspecified atom stereocenters. The van der Waals surface area contributed by atoms with E-state index in [0.29, 0.717) is 12.1 Å². The molecule has 1 aromatic carbocycles. The minimum absolute atomic E-state index is 0.0559. The van der Waals surface area contributed by atoms with Gasteiger partial charge in [-0.15, -0.1) is 0 Å². The van der Waals surface area contributed by atoms with Crippen LogP contribution in [0.4, 0.5) is 4.39 Å². The third-order valence-electron chi connectivity index (χ3n) is 2.50. The SMILES string of the molecule is CCc1nn(-c2c(F)cccc2Cl)c(Cl)c1C#N. The Morgan fingerprint density at radius 2 is 2.17 bits per heavy atom. The molecule has 0 bridgehead atoms. The monoisotopic (exact) mass is 283 g/mol. The number of rotatable bonds is 2. The van der Waals surface area contributed by atoms with Gasteiger partial charge in [0.05, 0.1) is 10.7 Å². The van der Waals surface area contributed by atoms with Crippen LogP contribution in [-0.4, -0.2) is 9.78 Å². The Morgan fingerprint density at radius 1 is 1.44 bits per heavy atom. The Bertz CT molecular complexity index is 623. The zero-order chi connectivity index (χ0) is 13.3. The highest BCUT2D eigenvalue weighted by molar-refractivity contribution is 6.33. The molecule has 0 saturated heterocycles. The minimum atomic E-state index is -0.543. The van der Waals surface area contributed by atoms with Crippen LogP contribution in [0, 0.1) is 17.1 Å². The average molecular weight is 284 g/mol. The highest BCUT2D eigenvalue weighted by atomic mass is 35.5. The summed E-state index contributed by atoms with van der Waals surface area (Å²) in [6.45, 7) is 1.84. The summed E-state index contributed by atoms with van der Waals surface area (Å²) in [6, 6.07) is 6.25. The molecule has 1 heterocycles. The molecule has 0 aliphatic rings. The smallest absolute Gasteiger partial charge is 0.151 e. The van der Waals surface area contributed by atoms with Crippen molar-refractivity contribution in [3.05, 3.63) is 45.4 Å². The van der Waals surface area contributed by atoms with Crippen LogP contribution in [0.1, 0.15) is 18.2 Å². The van der Waals surface area contributed by atoms with Crippen molar-refractivity contribution in [1.82, 2.24) is 9.78 Å². The minimum Gasteiger partial charge on any atom is -0.216 e. The fourth-order valence-corrected chi connectivity index (χ4v) is 2.15. The lowest BCUT2D eigenvalue weighted by molar-refractivity contribution is 0.610. The van der Waals surface area contributed by atoms with Gasteiger partial charge in [-0.3, -0.25) is 0 Å². The molecule has 0 atom stereocenters. The van der Waals surface area contributed by atoms with Crippen LogP contribution in [0.25, 0.3) is 5.69 Å². The normalized spacial score (nSPS) is 10.4. The maximum Gasteiger partial charge on any atom is 0.151 e. The van der Waals surface area contributed by atoms with Gasteiger partial charge in [-0.1, -0.05) is 36.2 Å². The predicted octanol–water partition coefficient (Wildman–Crippen LogP) is 3.75. The predicted molar refractivity (Wildman–Crippen MR) is 67.6 cm³/mol. The van der Waals surface area contributed by atoms with Crippen molar-refractivity contribution < 1.29 is 4.39 Å². The fraction of sp³-hybridized carbons (Fsp3) is 0.167. The Hall–Kier alpha value is -1.57. The molecule has 92 valence electrons. The van der Waals surface area contributed by atoms with E-state index >= 15 is 0 Å². The highest BCUT2D eigenvalue weighted by Crippen LogP contribution is 2.29. The fourth-order valence-electron chi connectivity index (χ4n) is 1.64. The van der Waals surface area contributed by atoms with Crippen molar-refractivity contribution in [2.24, 2.45) is 0 Å². The van der Waals surface area contributed by atoms with Crippen molar-refractivity contribution in [3.8, 4) is 11.8 Å². The molecular weight excluding hydrogens is 276 g/mol. The van der Waals surface area contributed by atoms with Gasteiger partial charge in [-0.05, 0) is 18.6 Å². The summed E-state index contributed by atoms with van der Waals surface area (Å²) in [4.78, 5) is 0. The second kappa shape index (κ2) is 4.97. The molecule has 2 aromatic rings. The molecule has 1 aromatic heterocycles. The lowest BCUT2D eigenvalue weighted by atomic mass is 10.2. The molecule has 0 aliphatic heterocycles. The number of nitriles is 1. The molecule has 0 spiro atoms. The van der Waals surface area contributed by atoms with Gasteiger partial charge in [0.2, 0.25) is 0 Å². The van der Waals surface area contributed by atoms with Gasteiger partial charge >= 0.3 is 0 Å². The van der Waals surface area contributed by atoms with Gasteiger partial charge in [0.15, 0.2) is 5.15 Å². The number of hydrogen-bond donors (Lipinski definition) is 0. The molecule has 18 heavy (non-hydrogen) atoms. The lowest BCUT2D eigenvalue weighted by Gasteiger charge is -2.06. The maximum absolute atomic E-state index is 13.8. The second-order valence-corrected chi connectivity index (χ2v) is 4.33. The molecular formula is C12H8Cl2FN3. The molecule has 0 radical (unpaired) electrons. The summed E-state index contributed by atoms with van der Waals surface area (Å²) in [5.41, 5.74) is 0.820. The van der Waals surface area contributed by atoms with Gasteiger partial charge < -0.3 is 0 Å². The molecule has 0 fully saturated rings. The molecule has 2 rings (SSSR count). The van der Waals surface area contributed by atoms with Crippen LogP contribution in [0.2, 0.25) is 10.2 Å². The van der Waals surface area contributed by atoms with Gasteiger partial charge in [0.25, 0.3) is 0 Å². The third-order valence-corrected chi connectivity index (χ3v) is 3.15. The van der Waals surface area contributed by atoms with Crippen LogP contribution in [0.15, 0.2) is 18.2 Å². The summed E-state index contributed by atoms with van der Waals surface area (Å²) in [7, 11) is 0. The van der Waals surface area contributed by atoms with Crippen molar-refractivity contribution in [3.63, 3.8) is 0 Å². The number of halogens is 3. The van der Waals surface area contributed by atoms with E-state index in [9.17, 15) is 4.39 Å². The summed E-state index contributed by atoms with van der Waals surface area (Å²) >= 11 is 12.0. The molecule has 3 nitrogen and oxygen atoms in total. The molecule has 6 heteroatoms. The summed E-state index contributed by atoms with van der Waals surface area (Å²) in [5.74, 6) is -0.543. The average Bonchev–Trinajstić information content (AvgIpc) is 2.66. The quantitative estimate of drug-likeness (QED) is 0.842. The van der Waals surface area contributed by atoms with E-state index in [0.717, 1.165) is 4.68 Å². The van der Waals surface area contributed by atoms with Crippen LogP contribution < -0.4 is 0 Å². The van der Waals surface area contributed by atoms with Crippen LogP contribution in [0.5, 0.6) is 0 Å². The summed E-state index contributed by atoms with van der Waals surface area (Å²) < 4.78 is 14.9. The van der Waals surface area contributed by atoms with E-state index in [2.05, 4.69) is 5.10 Å². The van der Waals surface area contributed by atoms with Gasteiger partial charge in [-0.25, -0.2) is 9.07 Å². The third kappa shape index (κ3) is 1.96. The first-order chi connectivity index (χ1) is 8.60. The van der Waals surface area contributed by atoms with Crippen molar-refractivity contribution in [2.45, 2.75) is 13.3 Å². The largest absolute Gasteiger partial charge is 0.216 e. The standard InChI is InChI=1S/C12H8Cl2FN3/c1-2-10-7(6-16)12(14)18(17-10)11-8(13)4-3-5-9(11)15/h3-5H,2H2,1H3. The summed E-state index contributed by atoms with van der Waals surface area (Å²) in [5, 5.41) is 13.4. The van der Waals surface area contributed by atoms with E-state index in [-0.39, 0.29) is 21.4 Å². The van der Waals surface area contributed by atoms with Crippen molar-refractivity contribution in [1.29, 1.82) is 5.26 Å². The van der Waals surface area contributed by atoms with Gasteiger partial charge in [-0.2, -0.15) is 10.4 Å². The van der Waals surface area contributed by atoms with E-state index in [4.69, 9.17) is 28.5 Å². The number of para-hydroxylation sites is 1.